The summed E-state index contributed by atoms with van der Waals surface area (Å²) < 4.78 is 5.76. The highest BCUT2D eigenvalue weighted by atomic mass is 79.9. The van der Waals surface area contributed by atoms with Crippen molar-refractivity contribution in [3.63, 3.8) is 0 Å². The van der Waals surface area contributed by atoms with Crippen molar-refractivity contribution in [2.24, 2.45) is 0 Å². The molecule has 5 heteroatoms. The molecule has 0 aliphatic rings. The maximum absolute atomic E-state index is 10.9. The summed E-state index contributed by atoms with van der Waals surface area (Å²) in [6, 6.07) is 0. The van der Waals surface area contributed by atoms with Crippen LogP contribution in [0.4, 0.5) is 0 Å². The number of esters is 1. The van der Waals surface area contributed by atoms with Gasteiger partial charge in [0.15, 0.2) is 0 Å². The molecular formula is C12H13BrO2S2. The molecule has 2 aromatic rings. The van der Waals surface area contributed by atoms with Crippen LogP contribution in [0.5, 0.6) is 0 Å². The van der Waals surface area contributed by atoms with Crippen LogP contribution in [0.2, 0.25) is 0 Å². The molecule has 2 heterocycles. The first kappa shape index (κ1) is 14.4. The predicted octanol–water partition coefficient (Wildman–Crippen LogP) is 4.66. The van der Waals surface area contributed by atoms with Gasteiger partial charge in [0, 0.05) is 15.2 Å². The molecule has 0 saturated heterocycles. The van der Waals surface area contributed by atoms with Gasteiger partial charge in [-0.05, 0) is 51.7 Å². The van der Waals surface area contributed by atoms with Crippen LogP contribution in [0.15, 0.2) is 26.0 Å². The van der Waals surface area contributed by atoms with E-state index in [2.05, 4.69) is 38.4 Å². The maximum atomic E-state index is 10.9. The molecule has 2 nitrogen and oxygen atoms in total. The van der Waals surface area contributed by atoms with Gasteiger partial charge in [0.1, 0.15) is 0 Å². The fourth-order valence-electron chi connectivity index (χ4n) is 1.02. The largest absolute Gasteiger partial charge is 0.465 e. The lowest BCUT2D eigenvalue weighted by molar-refractivity contribution is 0.0600. The number of hydrogen-bond donors (Lipinski definition) is 0. The fraction of sp³-hybridized carbons (Fsp3) is 0.250. The molecule has 0 radical (unpaired) electrons. The van der Waals surface area contributed by atoms with Crippen LogP contribution in [-0.2, 0) is 4.74 Å². The van der Waals surface area contributed by atoms with E-state index in [1.54, 1.807) is 16.7 Å². The third-order valence-electron chi connectivity index (χ3n) is 2.05. The third kappa shape index (κ3) is 4.26. The summed E-state index contributed by atoms with van der Waals surface area (Å²) in [6.07, 6.45) is 0. The van der Waals surface area contributed by atoms with Gasteiger partial charge < -0.3 is 4.74 Å². The average molecular weight is 333 g/mol. The number of aryl methyl sites for hydroxylation is 2. The van der Waals surface area contributed by atoms with Crippen LogP contribution < -0.4 is 0 Å². The van der Waals surface area contributed by atoms with Crippen molar-refractivity contribution in [3.05, 3.63) is 42.7 Å². The van der Waals surface area contributed by atoms with E-state index in [-0.39, 0.29) is 5.97 Å². The average Bonchev–Trinajstić information content (AvgIpc) is 2.89. The highest BCUT2D eigenvalue weighted by molar-refractivity contribution is 9.10. The first-order valence-electron chi connectivity index (χ1n) is 4.85. The summed E-state index contributed by atoms with van der Waals surface area (Å²) in [4.78, 5) is 10.9. The number of carbonyl (C=O) groups is 1. The van der Waals surface area contributed by atoms with Crippen molar-refractivity contribution in [1.29, 1.82) is 0 Å². The van der Waals surface area contributed by atoms with Gasteiger partial charge in [-0.1, -0.05) is 0 Å². The number of carbonyl (C=O) groups excluding carboxylic acids is 1. The Kier molecular flexibility index (Phi) is 5.88. The molecule has 0 bridgehead atoms. The summed E-state index contributed by atoms with van der Waals surface area (Å²) >= 11 is 6.60. The number of halogens is 1. The molecule has 92 valence electrons. The van der Waals surface area contributed by atoms with Crippen LogP contribution in [0.3, 0.4) is 0 Å². The smallest absolute Gasteiger partial charge is 0.338 e. The lowest BCUT2D eigenvalue weighted by Gasteiger charge is -1.94. The molecule has 0 fully saturated rings. The number of hydrogen-bond acceptors (Lipinski definition) is 4. The fourth-order valence-corrected chi connectivity index (χ4v) is 3.14. The van der Waals surface area contributed by atoms with Crippen LogP contribution in [0, 0.1) is 13.8 Å². The molecule has 0 atom stereocenters. The topological polar surface area (TPSA) is 26.3 Å². The molecule has 0 aromatic carbocycles. The second kappa shape index (κ2) is 6.93. The van der Waals surface area contributed by atoms with Gasteiger partial charge >= 0.3 is 5.97 Å². The molecular weight excluding hydrogens is 320 g/mol. The van der Waals surface area contributed by atoms with Crippen molar-refractivity contribution < 1.29 is 9.53 Å². The number of thiophene rings is 2. The molecule has 0 amide bonds. The molecule has 0 aliphatic carbocycles. The van der Waals surface area contributed by atoms with E-state index < -0.39 is 0 Å². The van der Waals surface area contributed by atoms with E-state index in [1.807, 2.05) is 12.3 Å². The predicted molar refractivity (Wildman–Crippen MR) is 77.2 cm³/mol. The molecule has 0 spiro atoms. The van der Waals surface area contributed by atoms with Crippen LogP contribution in [-0.4, -0.2) is 13.1 Å². The van der Waals surface area contributed by atoms with Crippen molar-refractivity contribution in [3.8, 4) is 0 Å². The Morgan fingerprint density at radius 2 is 1.71 bits per heavy atom. The summed E-state index contributed by atoms with van der Waals surface area (Å²) in [6.45, 7) is 3.98. The van der Waals surface area contributed by atoms with Crippen molar-refractivity contribution in [2.75, 3.05) is 7.11 Å². The van der Waals surface area contributed by atoms with E-state index in [4.69, 9.17) is 0 Å². The number of ether oxygens (including phenoxy) is 1. The minimum absolute atomic E-state index is 0.251. The first-order chi connectivity index (χ1) is 8.06. The Morgan fingerprint density at radius 1 is 1.12 bits per heavy atom. The summed E-state index contributed by atoms with van der Waals surface area (Å²) in [5.41, 5.74) is 2.98. The Balaban J connectivity index is 0.000000181. The van der Waals surface area contributed by atoms with E-state index >= 15 is 0 Å². The van der Waals surface area contributed by atoms with Crippen LogP contribution >= 0.6 is 38.6 Å². The van der Waals surface area contributed by atoms with Gasteiger partial charge in [-0.25, -0.2) is 4.79 Å². The second-order valence-corrected chi connectivity index (χ2v) is 5.70. The van der Waals surface area contributed by atoms with E-state index in [0.29, 0.717) is 5.56 Å². The van der Waals surface area contributed by atoms with Crippen molar-refractivity contribution >= 4 is 44.6 Å². The summed E-state index contributed by atoms with van der Waals surface area (Å²) in [7, 11) is 1.39. The SMILES string of the molecule is COC(=O)c1cscc1C.Cc1cscc1Br. The number of rotatable bonds is 1. The first-order valence-corrected chi connectivity index (χ1v) is 7.53. The van der Waals surface area contributed by atoms with E-state index in [0.717, 1.165) is 5.56 Å². The van der Waals surface area contributed by atoms with E-state index in [9.17, 15) is 4.79 Å². The van der Waals surface area contributed by atoms with Crippen LogP contribution in [0.1, 0.15) is 21.5 Å². The second-order valence-electron chi connectivity index (χ2n) is 3.36. The molecule has 0 unspecified atom stereocenters. The quantitative estimate of drug-likeness (QED) is 0.710. The van der Waals surface area contributed by atoms with Gasteiger partial charge in [0.2, 0.25) is 0 Å². The molecule has 0 saturated carbocycles. The Hall–Kier alpha value is -0.650. The molecule has 0 N–H and O–H groups in total. The summed E-state index contributed by atoms with van der Waals surface area (Å²) in [5.74, 6) is -0.251. The molecule has 2 aromatic heterocycles. The molecule has 17 heavy (non-hydrogen) atoms. The normalized spacial score (nSPS) is 9.41. The zero-order chi connectivity index (χ0) is 12.8. The number of methoxy groups -OCH3 is 1. The lowest BCUT2D eigenvalue weighted by Crippen LogP contribution is -2.00. The van der Waals surface area contributed by atoms with Crippen molar-refractivity contribution in [2.45, 2.75) is 13.8 Å². The monoisotopic (exact) mass is 332 g/mol. The third-order valence-corrected chi connectivity index (χ3v) is 4.93. The Labute approximate surface area is 117 Å². The van der Waals surface area contributed by atoms with Gasteiger partial charge in [-0.3, -0.25) is 0 Å². The van der Waals surface area contributed by atoms with Crippen molar-refractivity contribution in [1.82, 2.24) is 0 Å². The van der Waals surface area contributed by atoms with Gasteiger partial charge in [-0.15, -0.1) is 0 Å². The highest BCUT2D eigenvalue weighted by Crippen LogP contribution is 2.19. The molecule has 0 aliphatic heterocycles. The standard InChI is InChI=1S/C7H8O2S.C5H5BrS/c1-5-3-10-4-6(5)7(8)9-2;1-4-2-7-3-5(4)6/h3-4H,1-2H3;2-3H,1H3. The Morgan fingerprint density at radius 3 is 2.00 bits per heavy atom. The Bertz CT molecular complexity index is 472. The molecule has 2 rings (SSSR count). The highest BCUT2D eigenvalue weighted by Gasteiger charge is 2.07. The zero-order valence-electron chi connectivity index (χ0n) is 9.82. The minimum Gasteiger partial charge on any atom is -0.465 e. The summed E-state index contributed by atoms with van der Waals surface area (Å²) in [5, 5.41) is 7.91. The minimum atomic E-state index is -0.251. The lowest BCUT2D eigenvalue weighted by atomic mass is 10.2. The van der Waals surface area contributed by atoms with Crippen LogP contribution in [0.25, 0.3) is 0 Å². The van der Waals surface area contributed by atoms with Gasteiger partial charge in [0.05, 0.1) is 12.7 Å². The zero-order valence-corrected chi connectivity index (χ0v) is 13.0. The maximum Gasteiger partial charge on any atom is 0.338 e. The van der Waals surface area contributed by atoms with Gasteiger partial charge in [0.25, 0.3) is 0 Å². The van der Waals surface area contributed by atoms with E-state index in [1.165, 1.54) is 28.5 Å². The van der Waals surface area contributed by atoms with Gasteiger partial charge in [-0.2, -0.15) is 22.7 Å².